The fraction of sp³-hybridized carbons (Fsp3) is 0.0833. The number of hydrogen-bond donors (Lipinski definition) is 0. The lowest BCUT2D eigenvalue weighted by atomic mass is 10.0. The number of para-hydroxylation sites is 1. The summed E-state index contributed by atoms with van der Waals surface area (Å²) in [6.45, 7) is 2.33. The molecule has 4 rings (SSSR count). The van der Waals surface area contributed by atoms with E-state index in [0.29, 0.717) is 22.8 Å². The fourth-order valence-corrected chi connectivity index (χ4v) is 3.87. The van der Waals surface area contributed by atoms with Crippen LogP contribution in [0.15, 0.2) is 78.5 Å². The average molecular weight is 455 g/mol. The number of hydrogen-bond acceptors (Lipinski definition) is 3. The summed E-state index contributed by atoms with van der Waals surface area (Å²) in [5.74, 6) is -1.44. The van der Waals surface area contributed by atoms with E-state index in [0.717, 1.165) is 10.6 Å². The molecule has 0 N–H and O–H groups in total. The number of anilines is 2. The minimum Gasteiger partial charge on any atom is -0.337 e. The van der Waals surface area contributed by atoms with Crippen LogP contribution in [-0.4, -0.2) is 18.4 Å². The van der Waals surface area contributed by atoms with E-state index in [1.807, 2.05) is 37.3 Å². The highest BCUT2D eigenvalue weighted by Gasteiger charge is 2.42. The van der Waals surface area contributed by atoms with Crippen LogP contribution in [0.25, 0.3) is 5.57 Å². The first-order chi connectivity index (χ1) is 14.9. The topological polar surface area (TPSA) is 40.6 Å². The highest BCUT2D eigenvalue weighted by Crippen LogP contribution is 2.38. The molecular formula is C24H17Cl2FN2O2. The highest BCUT2D eigenvalue weighted by molar-refractivity contribution is 6.47. The van der Waals surface area contributed by atoms with E-state index in [-0.39, 0.29) is 16.3 Å². The first-order valence-corrected chi connectivity index (χ1v) is 10.3. The summed E-state index contributed by atoms with van der Waals surface area (Å²) in [4.78, 5) is 29.9. The highest BCUT2D eigenvalue weighted by atomic mass is 35.5. The monoisotopic (exact) mass is 454 g/mol. The van der Waals surface area contributed by atoms with Gasteiger partial charge in [-0.1, -0.05) is 53.5 Å². The van der Waals surface area contributed by atoms with Gasteiger partial charge in [0.25, 0.3) is 11.8 Å². The number of rotatable bonds is 5. The summed E-state index contributed by atoms with van der Waals surface area (Å²) in [5.41, 5.74) is 1.93. The lowest BCUT2D eigenvalue weighted by molar-refractivity contribution is -0.120. The Labute approximate surface area is 189 Å². The van der Waals surface area contributed by atoms with Gasteiger partial charge in [-0.15, -0.1) is 0 Å². The average Bonchev–Trinajstić information content (AvgIpc) is 3.02. The number of nitrogens with zero attached hydrogens (tertiary/aromatic N) is 2. The van der Waals surface area contributed by atoms with Gasteiger partial charge in [-0.2, -0.15) is 0 Å². The maximum absolute atomic E-state index is 13.6. The SMILES string of the molecule is CCN(C1=C(c2ccc(F)cc2)C(=O)N(c2ccc(Cl)c(Cl)c2)C1=O)c1ccccc1. The van der Waals surface area contributed by atoms with Gasteiger partial charge in [-0.3, -0.25) is 9.59 Å². The molecule has 0 spiro atoms. The van der Waals surface area contributed by atoms with E-state index < -0.39 is 17.6 Å². The Hall–Kier alpha value is -3.15. The molecule has 156 valence electrons. The van der Waals surface area contributed by atoms with Gasteiger partial charge in [0.1, 0.15) is 11.5 Å². The number of carbonyl (C=O) groups excluding carboxylic acids is 2. The molecule has 1 heterocycles. The molecule has 31 heavy (non-hydrogen) atoms. The summed E-state index contributed by atoms with van der Waals surface area (Å²) < 4.78 is 13.5. The maximum Gasteiger partial charge on any atom is 0.282 e. The van der Waals surface area contributed by atoms with Gasteiger partial charge in [0.2, 0.25) is 0 Å². The van der Waals surface area contributed by atoms with Crippen LogP contribution >= 0.6 is 23.2 Å². The minimum atomic E-state index is -0.514. The Morgan fingerprint density at radius 1 is 0.871 bits per heavy atom. The molecule has 4 nitrogen and oxygen atoms in total. The minimum absolute atomic E-state index is 0.196. The van der Waals surface area contributed by atoms with Crippen LogP contribution in [0, 0.1) is 5.82 Å². The second-order valence-electron chi connectivity index (χ2n) is 6.85. The van der Waals surface area contributed by atoms with Crippen LogP contribution < -0.4 is 9.80 Å². The largest absolute Gasteiger partial charge is 0.337 e. The predicted octanol–water partition coefficient (Wildman–Crippen LogP) is 5.94. The molecule has 0 aliphatic carbocycles. The van der Waals surface area contributed by atoms with E-state index in [9.17, 15) is 14.0 Å². The number of imide groups is 1. The maximum atomic E-state index is 13.6. The van der Waals surface area contributed by atoms with Crippen molar-refractivity contribution < 1.29 is 14.0 Å². The zero-order valence-electron chi connectivity index (χ0n) is 16.5. The second-order valence-corrected chi connectivity index (χ2v) is 7.67. The second kappa shape index (κ2) is 8.53. The van der Waals surface area contributed by atoms with Gasteiger partial charge >= 0.3 is 0 Å². The van der Waals surface area contributed by atoms with Crippen LogP contribution in [0.4, 0.5) is 15.8 Å². The molecule has 7 heteroatoms. The molecule has 3 aromatic rings. The number of carbonyl (C=O) groups is 2. The third-order valence-electron chi connectivity index (χ3n) is 5.01. The van der Waals surface area contributed by atoms with Crippen molar-refractivity contribution in [3.63, 3.8) is 0 Å². The van der Waals surface area contributed by atoms with Crippen LogP contribution in [0.5, 0.6) is 0 Å². The fourth-order valence-electron chi connectivity index (χ4n) is 3.58. The van der Waals surface area contributed by atoms with Crippen LogP contribution in [0.1, 0.15) is 12.5 Å². The summed E-state index contributed by atoms with van der Waals surface area (Å²) in [7, 11) is 0. The quantitative estimate of drug-likeness (QED) is 0.447. The zero-order valence-corrected chi connectivity index (χ0v) is 18.0. The van der Waals surface area contributed by atoms with Crippen molar-refractivity contribution >= 4 is 52.0 Å². The van der Waals surface area contributed by atoms with Crippen molar-refractivity contribution in [1.82, 2.24) is 0 Å². The Morgan fingerprint density at radius 3 is 2.16 bits per heavy atom. The van der Waals surface area contributed by atoms with Crippen molar-refractivity contribution in [3.05, 3.63) is 99.9 Å². The lowest BCUT2D eigenvalue weighted by Crippen LogP contribution is -2.35. The van der Waals surface area contributed by atoms with Gasteiger partial charge in [0.05, 0.1) is 21.3 Å². The van der Waals surface area contributed by atoms with Gasteiger partial charge in [-0.05, 0) is 55.0 Å². The smallest absolute Gasteiger partial charge is 0.282 e. The molecule has 0 aromatic heterocycles. The molecule has 1 aliphatic heterocycles. The van der Waals surface area contributed by atoms with Crippen molar-refractivity contribution in [2.75, 3.05) is 16.3 Å². The van der Waals surface area contributed by atoms with Crippen LogP contribution in [0.2, 0.25) is 10.0 Å². The molecule has 0 bridgehead atoms. The molecule has 2 amide bonds. The van der Waals surface area contributed by atoms with Crippen molar-refractivity contribution in [1.29, 1.82) is 0 Å². The third-order valence-corrected chi connectivity index (χ3v) is 5.75. The van der Waals surface area contributed by atoms with Crippen LogP contribution in [-0.2, 0) is 9.59 Å². The number of likely N-dealkylation sites (N-methyl/N-ethyl adjacent to an activating group) is 1. The standard InChI is InChI=1S/C24H17Cl2FN2O2/c1-2-28(17-6-4-3-5-7-17)22-21(15-8-10-16(27)11-9-15)23(30)29(24(22)31)18-12-13-19(25)20(26)14-18/h3-14H,2H2,1H3. The molecule has 3 aromatic carbocycles. The van der Waals surface area contributed by atoms with E-state index in [1.165, 1.54) is 36.4 Å². The van der Waals surface area contributed by atoms with Gasteiger partial charge in [0, 0.05) is 12.2 Å². The summed E-state index contributed by atoms with van der Waals surface area (Å²) in [6, 6.07) is 19.4. The summed E-state index contributed by atoms with van der Waals surface area (Å²) >= 11 is 12.1. The van der Waals surface area contributed by atoms with E-state index in [1.54, 1.807) is 11.0 Å². The number of halogens is 3. The van der Waals surface area contributed by atoms with E-state index in [4.69, 9.17) is 23.2 Å². The Kier molecular flexibility index (Phi) is 5.81. The third kappa shape index (κ3) is 3.82. The van der Waals surface area contributed by atoms with Crippen molar-refractivity contribution in [3.8, 4) is 0 Å². The molecule has 0 saturated carbocycles. The van der Waals surface area contributed by atoms with E-state index >= 15 is 0 Å². The Bertz CT molecular complexity index is 1190. The molecule has 0 fully saturated rings. The van der Waals surface area contributed by atoms with Crippen molar-refractivity contribution in [2.24, 2.45) is 0 Å². The normalized spacial score (nSPS) is 13.9. The van der Waals surface area contributed by atoms with Crippen molar-refractivity contribution in [2.45, 2.75) is 6.92 Å². The molecule has 1 aliphatic rings. The molecule has 0 radical (unpaired) electrons. The zero-order chi connectivity index (χ0) is 22.1. The van der Waals surface area contributed by atoms with Gasteiger partial charge < -0.3 is 4.90 Å². The molecule has 0 atom stereocenters. The summed E-state index contributed by atoms with van der Waals surface area (Å²) in [5, 5.41) is 0.544. The predicted molar refractivity (Wildman–Crippen MR) is 122 cm³/mol. The molecule has 0 saturated heterocycles. The molecule has 0 unspecified atom stereocenters. The van der Waals surface area contributed by atoms with E-state index in [2.05, 4.69) is 0 Å². The first-order valence-electron chi connectivity index (χ1n) is 9.59. The summed E-state index contributed by atoms with van der Waals surface area (Å²) in [6.07, 6.45) is 0. The van der Waals surface area contributed by atoms with Crippen LogP contribution in [0.3, 0.4) is 0 Å². The van der Waals surface area contributed by atoms with Gasteiger partial charge in [-0.25, -0.2) is 9.29 Å². The van der Waals surface area contributed by atoms with Gasteiger partial charge in [0.15, 0.2) is 0 Å². The Balaban J connectivity index is 1.91. The Morgan fingerprint density at radius 2 is 1.55 bits per heavy atom. The lowest BCUT2D eigenvalue weighted by Gasteiger charge is -2.25. The molecular weight excluding hydrogens is 438 g/mol. The number of benzene rings is 3. The first kappa shape index (κ1) is 21.1. The number of amides is 2.